The summed E-state index contributed by atoms with van der Waals surface area (Å²) >= 11 is 0. The lowest BCUT2D eigenvalue weighted by Gasteiger charge is -2.09. The summed E-state index contributed by atoms with van der Waals surface area (Å²) in [6.45, 7) is 5.92. The summed E-state index contributed by atoms with van der Waals surface area (Å²) in [5.74, 6) is 1.40. The zero-order valence-electron chi connectivity index (χ0n) is 19.4. The number of fused-ring (bicyclic) bond motifs is 3. The van der Waals surface area contributed by atoms with Crippen molar-refractivity contribution in [1.82, 2.24) is 9.97 Å². The number of hydrogen-bond donors (Lipinski definition) is 0. The lowest BCUT2D eigenvalue weighted by atomic mass is 10.1. The Morgan fingerprint density at radius 3 is 1.45 bits per heavy atom. The lowest BCUT2D eigenvalue weighted by Crippen LogP contribution is -2.00. The third-order valence-corrected chi connectivity index (χ3v) is 5.73. The quantitative estimate of drug-likeness (QED) is 0.185. The van der Waals surface area contributed by atoms with Crippen LogP contribution in [0.15, 0.2) is 36.4 Å². The molecule has 0 amide bonds. The van der Waals surface area contributed by atoms with Gasteiger partial charge < -0.3 is 9.47 Å². The summed E-state index contributed by atoms with van der Waals surface area (Å²) in [7, 11) is 0. The molecule has 0 aliphatic heterocycles. The Kier molecular flexibility index (Phi) is 9.88. The molecule has 0 radical (unpaired) electrons. The summed E-state index contributed by atoms with van der Waals surface area (Å²) in [6.07, 6.45) is 13.9. The number of unbranched alkanes of at least 4 members (excludes halogenated alkanes) is 9. The van der Waals surface area contributed by atoms with Crippen molar-refractivity contribution < 1.29 is 9.47 Å². The Labute approximate surface area is 187 Å². The van der Waals surface area contributed by atoms with Gasteiger partial charge in [-0.05, 0) is 37.1 Å². The highest BCUT2D eigenvalue weighted by molar-refractivity contribution is 6.04. The summed E-state index contributed by atoms with van der Waals surface area (Å²) in [6, 6.07) is 12.2. The van der Waals surface area contributed by atoms with Crippen molar-refractivity contribution in [3.05, 3.63) is 36.4 Å². The third kappa shape index (κ3) is 7.37. The summed E-state index contributed by atoms with van der Waals surface area (Å²) in [5, 5.41) is 2.20. The van der Waals surface area contributed by atoms with Gasteiger partial charge in [0, 0.05) is 22.9 Å². The molecule has 0 aliphatic carbocycles. The van der Waals surface area contributed by atoms with Crippen LogP contribution in [0.25, 0.3) is 21.8 Å². The smallest absolute Gasteiger partial charge is 0.213 e. The van der Waals surface area contributed by atoms with Crippen LogP contribution in [0, 0.1) is 0 Å². The van der Waals surface area contributed by atoms with Gasteiger partial charge >= 0.3 is 0 Å². The molecule has 2 aromatic heterocycles. The fourth-order valence-corrected chi connectivity index (χ4v) is 3.88. The maximum absolute atomic E-state index is 5.91. The molecule has 2 heterocycles. The van der Waals surface area contributed by atoms with Gasteiger partial charge in [-0.25, -0.2) is 9.97 Å². The van der Waals surface area contributed by atoms with Crippen molar-refractivity contribution in [2.24, 2.45) is 0 Å². The van der Waals surface area contributed by atoms with Gasteiger partial charge in [0.2, 0.25) is 11.8 Å². The molecular formula is C27H38N2O2. The van der Waals surface area contributed by atoms with Crippen molar-refractivity contribution >= 4 is 21.8 Å². The van der Waals surface area contributed by atoms with Gasteiger partial charge in [0.15, 0.2) is 0 Å². The van der Waals surface area contributed by atoms with E-state index in [-0.39, 0.29) is 0 Å². The first-order valence-corrected chi connectivity index (χ1v) is 12.3. The van der Waals surface area contributed by atoms with Gasteiger partial charge in [0.1, 0.15) is 0 Å². The number of hydrogen-bond acceptors (Lipinski definition) is 4. The van der Waals surface area contributed by atoms with E-state index in [1.807, 2.05) is 24.3 Å². The van der Waals surface area contributed by atoms with E-state index in [4.69, 9.17) is 14.5 Å². The van der Waals surface area contributed by atoms with Crippen molar-refractivity contribution in [2.45, 2.75) is 84.5 Å². The molecule has 3 aromatic rings. The number of aromatic nitrogens is 2. The van der Waals surface area contributed by atoms with Gasteiger partial charge in [-0.3, -0.25) is 0 Å². The van der Waals surface area contributed by atoms with Gasteiger partial charge in [0.05, 0.1) is 24.2 Å². The van der Waals surface area contributed by atoms with Crippen LogP contribution >= 0.6 is 0 Å². The Morgan fingerprint density at radius 1 is 0.516 bits per heavy atom. The SMILES string of the molecule is CCCCCCCCCCOc1ccc2c(ccc3nc(OCCCCC)ccc32)n1. The summed E-state index contributed by atoms with van der Waals surface area (Å²) in [5.41, 5.74) is 1.88. The van der Waals surface area contributed by atoms with Gasteiger partial charge in [-0.15, -0.1) is 0 Å². The molecule has 31 heavy (non-hydrogen) atoms. The molecule has 0 spiro atoms. The first kappa shape index (κ1) is 23.3. The first-order valence-electron chi connectivity index (χ1n) is 12.3. The molecule has 0 fully saturated rings. The second-order valence-corrected chi connectivity index (χ2v) is 8.38. The van der Waals surface area contributed by atoms with E-state index in [0.717, 1.165) is 47.9 Å². The fourth-order valence-electron chi connectivity index (χ4n) is 3.88. The average Bonchev–Trinajstić information content (AvgIpc) is 2.80. The number of nitrogens with zero attached hydrogens (tertiary/aromatic N) is 2. The van der Waals surface area contributed by atoms with E-state index >= 15 is 0 Å². The van der Waals surface area contributed by atoms with E-state index < -0.39 is 0 Å². The van der Waals surface area contributed by atoms with Gasteiger partial charge in [-0.1, -0.05) is 71.6 Å². The molecule has 168 valence electrons. The van der Waals surface area contributed by atoms with E-state index in [1.54, 1.807) is 0 Å². The molecule has 3 rings (SSSR count). The highest BCUT2D eigenvalue weighted by Gasteiger charge is 2.06. The van der Waals surface area contributed by atoms with Crippen LogP contribution in [-0.2, 0) is 0 Å². The van der Waals surface area contributed by atoms with Gasteiger partial charge in [-0.2, -0.15) is 0 Å². The largest absolute Gasteiger partial charge is 0.478 e. The minimum atomic E-state index is 0.696. The van der Waals surface area contributed by atoms with E-state index in [0.29, 0.717) is 11.8 Å². The monoisotopic (exact) mass is 422 g/mol. The number of benzene rings is 1. The molecule has 0 N–H and O–H groups in total. The number of rotatable bonds is 15. The molecule has 0 saturated heterocycles. The Balaban J connectivity index is 1.51. The predicted octanol–water partition coefficient (Wildman–Crippen LogP) is 7.87. The zero-order chi connectivity index (χ0) is 21.7. The lowest BCUT2D eigenvalue weighted by molar-refractivity contribution is 0.294. The van der Waals surface area contributed by atoms with Crippen LogP contribution in [0.5, 0.6) is 11.8 Å². The molecule has 0 unspecified atom stereocenters. The highest BCUT2D eigenvalue weighted by atomic mass is 16.5. The predicted molar refractivity (Wildman–Crippen MR) is 130 cm³/mol. The standard InChI is InChI=1S/C27H38N2O2/c1-3-5-7-8-9-10-11-13-21-31-27-19-15-23-22-14-18-26(30-20-12-6-4-2)28-24(22)16-17-25(23)29-27/h14-19H,3-13,20-21H2,1-2H3. The molecule has 1 aromatic carbocycles. The first-order chi connectivity index (χ1) is 15.3. The van der Waals surface area contributed by atoms with Crippen molar-refractivity contribution in [2.75, 3.05) is 13.2 Å². The molecule has 4 heteroatoms. The third-order valence-electron chi connectivity index (χ3n) is 5.73. The topological polar surface area (TPSA) is 44.2 Å². The van der Waals surface area contributed by atoms with Crippen LogP contribution in [0.2, 0.25) is 0 Å². The number of ether oxygens (including phenoxy) is 2. The van der Waals surface area contributed by atoms with E-state index in [1.165, 1.54) is 57.8 Å². The van der Waals surface area contributed by atoms with Crippen LogP contribution in [0.4, 0.5) is 0 Å². The maximum Gasteiger partial charge on any atom is 0.213 e. The van der Waals surface area contributed by atoms with Crippen LogP contribution in [-0.4, -0.2) is 23.2 Å². The van der Waals surface area contributed by atoms with Crippen molar-refractivity contribution in [3.8, 4) is 11.8 Å². The number of pyridine rings is 2. The van der Waals surface area contributed by atoms with Crippen LogP contribution in [0.1, 0.15) is 84.5 Å². The molecule has 0 aliphatic rings. The minimum absolute atomic E-state index is 0.696. The maximum atomic E-state index is 5.91. The van der Waals surface area contributed by atoms with E-state index in [9.17, 15) is 0 Å². The Hall–Kier alpha value is -2.36. The van der Waals surface area contributed by atoms with Crippen LogP contribution < -0.4 is 9.47 Å². The Morgan fingerprint density at radius 2 is 0.935 bits per heavy atom. The van der Waals surface area contributed by atoms with Crippen molar-refractivity contribution in [1.29, 1.82) is 0 Å². The highest BCUT2D eigenvalue weighted by Crippen LogP contribution is 2.27. The molecular weight excluding hydrogens is 384 g/mol. The second kappa shape index (κ2) is 13.1. The van der Waals surface area contributed by atoms with Crippen LogP contribution in [0.3, 0.4) is 0 Å². The van der Waals surface area contributed by atoms with E-state index in [2.05, 4.69) is 31.0 Å². The summed E-state index contributed by atoms with van der Waals surface area (Å²) < 4.78 is 11.7. The normalized spacial score (nSPS) is 11.3. The molecule has 0 atom stereocenters. The minimum Gasteiger partial charge on any atom is -0.478 e. The van der Waals surface area contributed by atoms with Crippen molar-refractivity contribution in [3.63, 3.8) is 0 Å². The second-order valence-electron chi connectivity index (χ2n) is 8.38. The Bertz CT molecular complexity index is 926. The summed E-state index contributed by atoms with van der Waals surface area (Å²) in [4.78, 5) is 9.37. The average molecular weight is 423 g/mol. The van der Waals surface area contributed by atoms with Gasteiger partial charge in [0.25, 0.3) is 0 Å². The zero-order valence-corrected chi connectivity index (χ0v) is 19.4. The molecule has 4 nitrogen and oxygen atoms in total. The molecule has 0 bridgehead atoms. The fraction of sp³-hybridized carbons (Fsp3) is 0.556. The molecule has 0 saturated carbocycles.